The largest absolute Gasteiger partial charge is 0.496 e. The summed E-state index contributed by atoms with van der Waals surface area (Å²) in [5.74, 6) is 0.312. The Kier molecular flexibility index (Phi) is 6.65. The molecule has 168 valence electrons. The maximum atomic E-state index is 12.9. The number of piperazine rings is 1. The van der Waals surface area contributed by atoms with Crippen LogP contribution in [-0.4, -0.2) is 60.3 Å². The van der Waals surface area contributed by atoms with E-state index in [1.54, 1.807) is 35.1 Å². The number of nitrogens with zero attached hydrogens (tertiary/aromatic N) is 2. The first-order chi connectivity index (χ1) is 15.5. The van der Waals surface area contributed by atoms with E-state index in [0.717, 1.165) is 12.0 Å². The number of carbonyl (C=O) groups excluding carboxylic acids is 3. The van der Waals surface area contributed by atoms with Crippen LogP contribution < -0.4 is 10.1 Å². The van der Waals surface area contributed by atoms with Gasteiger partial charge in [0.1, 0.15) is 18.3 Å². The molecule has 0 aliphatic carbocycles. The summed E-state index contributed by atoms with van der Waals surface area (Å²) < 4.78 is 5.44. The highest BCUT2D eigenvalue weighted by molar-refractivity contribution is 6.30. The molecule has 4 rings (SSSR count). The molecule has 0 bridgehead atoms. The Hall–Kier alpha value is -3.06. The van der Waals surface area contributed by atoms with E-state index in [2.05, 4.69) is 5.32 Å². The molecule has 2 heterocycles. The molecule has 0 spiro atoms. The van der Waals surface area contributed by atoms with E-state index in [-0.39, 0.29) is 36.9 Å². The first-order valence-corrected chi connectivity index (χ1v) is 11.1. The Bertz CT molecular complexity index is 1020. The van der Waals surface area contributed by atoms with E-state index in [1.807, 2.05) is 24.3 Å². The van der Waals surface area contributed by atoms with Gasteiger partial charge < -0.3 is 19.9 Å². The molecule has 7 nitrogen and oxygen atoms in total. The number of benzene rings is 2. The van der Waals surface area contributed by atoms with Crippen molar-refractivity contribution < 1.29 is 19.1 Å². The topological polar surface area (TPSA) is 79.0 Å². The molecule has 2 aliphatic heterocycles. The van der Waals surface area contributed by atoms with Crippen LogP contribution in [0, 0.1) is 0 Å². The number of fused-ring (bicyclic) bond motifs is 1. The van der Waals surface area contributed by atoms with Crippen LogP contribution in [0.15, 0.2) is 42.5 Å². The van der Waals surface area contributed by atoms with Gasteiger partial charge in [-0.2, -0.15) is 0 Å². The maximum absolute atomic E-state index is 12.9. The molecule has 2 saturated heterocycles. The number of methoxy groups -OCH3 is 1. The average molecular weight is 456 g/mol. The summed E-state index contributed by atoms with van der Waals surface area (Å²) in [4.78, 5) is 41.2. The molecular weight excluding hydrogens is 430 g/mol. The normalized spacial score (nSPS) is 18.0. The van der Waals surface area contributed by atoms with Crippen LogP contribution in [0.1, 0.15) is 34.3 Å². The lowest BCUT2D eigenvalue weighted by atomic mass is 10.1. The van der Waals surface area contributed by atoms with Gasteiger partial charge in [0, 0.05) is 35.8 Å². The molecule has 32 heavy (non-hydrogen) atoms. The van der Waals surface area contributed by atoms with Crippen LogP contribution in [0.4, 0.5) is 0 Å². The zero-order valence-corrected chi connectivity index (χ0v) is 18.7. The van der Waals surface area contributed by atoms with Gasteiger partial charge in [-0.3, -0.25) is 14.4 Å². The fourth-order valence-corrected chi connectivity index (χ4v) is 4.45. The number of ether oxygens (including phenoxy) is 1. The molecule has 0 aromatic heterocycles. The van der Waals surface area contributed by atoms with Crippen LogP contribution >= 0.6 is 11.6 Å². The van der Waals surface area contributed by atoms with Crippen molar-refractivity contribution in [2.45, 2.75) is 31.8 Å². The molecule has 2 aliphatic rings. The highest BCUT2D eigenvalue weighted by Gasteiger charge is 2.41. The van der Waals surface area contributed by atoms with E-state index >= 15 is 0 Å². The third kappa shape index (κ3) is 4.72. The minimum absolute atomic E-state index is 0.0258. The highest BCUT2D eigenvalue weighted by Crippen LogP contribution is 2.27. The predicted molar refractivity (Wildman–Crippen MR) is 121 cm³/mol. The highest BCUT2D eigenvalue weighted by atomic mass is 35.5. The van der Waals surface area contributed by atoms with Crippen molar-refractivity contribution >= 4 is 29.3 Å². The quantitative estimate of drug-likeness (QED) is 0.696. The fourth-order valence-electron chi connectivity index (χ4n) is 4.32. The van der Waals surface area contributed by atoms with E-state index < -0.39 is 0 Å². The van der Waals surface area contributed by atoms with Gasteiger partial charge in [0.2, 0.25) is 11.8 Å². The summed E-state index contributed by atoms with van der Waals surface area (Å²) in [6.45, 7) is 1.41. The summed E-state index contributed by atoms with van der Waals surface area (Å²) in [7, 11) is 1.55. The van der Waals surface area contributed by atoms with Gasteiger partial charge in [-0.25, -0.2) is 0 Å². The number of hydrogen-bond acceptors (Lipinski definition) is 4. The Balaban J connectivity index is 1.42. The standard InChI is InChI=1S/C24H26ClN3O4/c1-32-21-9-6-17(23(30)26-11-10-16-4-7-19(25)8-5-16)13-18(21)14-27-15-22(29)28-12-2-3-20(28)24(27)31/h4-9,13,20H,2-3,10-12,14-15H2,1H3,(H,26,30)/t20-/m0/s1. The fraction of sp³-hybridized carbons (Fsp3) is 0.375. The second-order valence-corrected chi connectivity index (χ2v) is 8.53. The van der Waals surface area contributed by atoms with Crippen LogP contribution in [0.3, 0.4) is 0 Å². The van der Waals surface area contributed by atoms with Crippen molar-refractivity contribution in [1.82, 2.24) is 15.1 Å². The predicted octanol–water partition coefficient (Wildman–Crippen LogP) is 2.65. The zero-order valence-electron chi connectivity index (χ0n) is 18.0. The van der Waals surface area contributed by atoms with Crippen LogP contribution in [0.5, 0.6) is 5.75 Å². The van der Waals surface area contributed by atoms with Crippen LogP contribution in [-0.2, 0) is 22.6 Å². The summed E-state index contributed by atoms with van der Waals surface area (Å²) in [5, 5.41) is 3.60. The number of amides is 3. The van der Waals surface area contributed by atoms with Gasteiger partial charge in [-0.05, 0) is 55.2 Å². The Labute approximate surface area is 192 Å². The van der Waals surface area contributed by atoms with E-state index in [4.69, 9.17) is 16.3 Å². The minimum Gasteiger partial charge on any atom is -0.496 e. The van der Waals surface area contributed by atoms with Gasteiger partial charge in [0.25, 0.3) is 5.91 Å². The molecule has 1 N–H and O–H groups in total. The number of halogens is 1. The second-order valence-electron chi connectivity index (χ2n) is 8.10. The summed E-state index contributed by atoms with van der Waals surface area (Å²) in [5.41, 5.74) is 2.26. The van der Waals surface area contributed by atoms with Gasteiger partial charge in [0.15, 0.2) is 0 Å². The first-order valence-electron chi connectivity index (χ1n) is 10.7. The minimum atomic E-state index is -0.360. The lowest BCUT2D eigenvalue weighted by Gasteiger charge is -2.36. The van der Waals surface area contributed by atoms with Crippen LogP contribution in [0.25, 0.3) is 0 Å². The van der Waals surface area contributed by atoms with Crippen molar-refractivity contribution in [3.05, 3.63) is 64.2 Å². The molecular formula is C24H26ClN3O4. The SMILES string of the molecule is COc1ccc(C(=O)NCCc2ccc(Cl)cc2)cc1CN1CC(=O)N2CCC[C@H]2C1=O. The van der Waals surface area contributed by atoms with Gasteiger partial charge in [-0.1, -0.05) is 23.7 Å². The summed E-state index contributed by atoms with van der Waals surface area (Å²) in [6.07, 6.45) is 2.24. The third-order valence-electron chi connectivity index (χ3n) is 6.01. The van der Waals surface area contributed by atoms with E-state index in [0.29, 0.717) is 47.8 Å². The molecule has 3 amide bonds. The maximum Gasteiger partial charge on any atom is 0.251 e. The summed E-state index contributed by atoms with van der Waals surface area (Å²) in [6, 6.07) is 12.3. The number of nitrogens with one attached hydrogen (secondary N) is 1. The average Bonchev–Trinajstić information content (AvgIpc) is 3.29. The first kappa shape index (κ1) is 22.1. The molecule has 0 saturated carbocycles. The second kappa shape index (κ2) is 9.61. The van der Waals surface area contributed by atoms with Gasteiger partial charge >= 0.3 is 0 Å². The summed E-state index contributed by atoms with van der Waals surface area (Å²) >= 11 is 5.90. The smallest absolute Gasteiger partial charge is 0.251 e. The van der Waals surface area contributed by atoms with Gasteiger partial charge in [-0.15, -0.1) is 0 Å². The van der Waals surface area contributed by atoms with Crippen molar-refractivity contribution in [1.29, 1.82) is 0 Å². The lowest BCUT2D eigenvalue weighted by Crippen LogP contribution is -2.56. The monoisotopic (exact) mass is 455 g/mol. The Morgan fingerprint density at radius 2 is 1.97 bits per heavy atom. The van der Waals surface area contributed by atoms with E-state index in [1.165, 1.54) is 0 Å². The molecule has 0 unspecified atom stereocenters. The van der Waals surface area contributed by atoms with Gasteiger partial charge in [0.05, 0.1) is 7.11 Å². The lowest BCUT2D eigenvalue weighted by molar-refractivity contribution is -0.154. The molecule has 1 atom stereocenters. The molecule has 0 radical (unpaired) electrons. The molecule has 2 fully saturated rings. The molecule has 2 aromatic rings. The van der Waals surface area contributed by atoms with Crippen LogP contribution in [0.2, 0.25) is 5.02 Å². The van der Waals surface area contributed by atoms with Crippen molar-refractivity contribution in [3.8, 4) is 5.75 Å². The number of hydrogen-bond donors (Lipinski definition) is 1. The van der Waals surface area contributed by atoms with Crippen molar-refractivity contribution in [3.63, 3.8) is 0 Å². The van der Waals surface area contributed by atoms with Crippen molar-refractivity contribution in [2.24, 2.45) is 0 Å². The van der Waals surface area contributed by atoms with Crippen molar-refractivity contribution in [2.75, 3.05) is 26.7 Å². The molecule has 8 heteroatoms. The number of carbonyl (C=O) groups is 3. The zero-order chi connectivity index (χ0) is 22.7. The van der Waals surface area contributed by atoms with E-state index in [9.17, 15) is 14.4 Å². The molecule has 2 aromatic carbocycles. The Morgan fingerprint density at radius 1 is 1.19 bits per heavy atom. The number of rotatable bonds is 7. The Morgan fingerprint density at radius 3 is 2.72 bits per heavy atom. The third-order valence-corrected chi connectivity index (χ3v) is 6.26.